The lowest BCUT2D eigenvalue weighted by atomic mass is 9.98. The van der Waals surface area contributed by atoms with E-state index in [9.17, 15) is 0 Å². The first-order valence-electron chi connectivity index (χ1n) is 17.7. The van der Waals surface area contributed by atoms with Gasteiger partial charge in [0.25, 0.3) is 0 Å². The van der Waals surface area contributed by atoms with Crippen LogP contribution in [0.15, 0.2) is 176 Å². The number of fused-ring (bicyclic) bond motifs is 8. The van der Waals surface area contributed by atoms with Gasteiger partial charge in [0.15, 0.2) is 11.6 Å². The zero-order valence-corrected chi connectivity index (χ0v) is 28.4. The van der Waals surface area contributed by atoms with Gasteiger partial charge >= 0.3 is 0 Å². The van der Waals surface area contributed by atoms with Gasteiger partial charge in [0.2, 0.25) is 11.7 Å². The quantitative estimate of drug-likeness (QED) is 0.182. The summed E-state index contributed by atoms with van der Waals surface area (Å²) in [5.74, 6) is 2.69. The third kappa shape index (κ3) is 4.47. The normalized spacial score (nSPS) is 11.8. The molecule has 4 aromatic heterocycles. The third-order valence-electron chi connectivity index (χ3n) is 10.1. The Balaban J connectivity index is 1.24. The fourth-order valence-corrected chi connectivity index (χ4v) is 7.84. The fourth-order valence-electron chi connectivity index (χ4n) is 7.84. The van der Waals surface area contributed by atoms with Gasteiger partial charge in [-0.3, -0.25) is 13.5 Å². The van der Waals surface area contributed by atoms with Crippen molar-refractivity contribution < 1.29 is 0 Å². The van der Waals surface area contributed by atoms with Crippen molar-refractivity contribution in [2.24, 2.45) is 0 Å². The van der Waals surface area contributed by atoms with E-state index >= 15 is 0 Å². The van der Waals surface area contributed by atoms with Gasteiger partial charge < -0.3 is 0 Å². The average molecular weight is 680 g/mol. The molecule has 0 spiro atoms. The van der Waals surface area contributed by atoms with Crippen molar-refractivity contribution in [3.63, 3.8) is 0 Å². The number of nitrogens with zero attached hydrogens (tertiary/aromatic N) is 7. The zero-order chi connectivity index (χ0) is 34.9. The number of aromatic nitrogens is 7. The summed E-state index contributed by atoms with van der Waals surface area (Å²) in [5.41, 5.74) is 11.4. The Morgan fingerprint density at radius 3 is 1.66 bits per heavy atom. The van der Waals surface area contributed by atoms with Crippen molar-refractivity contribution in [1.29, 1.82) is 0 Å². The van der Waals surface area contributed by atoms with Crippen LogP contribution in [0.4, 0.5) is 0 Å². The maximum absolute atomic E-state index is 5.19. The van der Waals surface area contributed by atoms with E-state index in [4.69, 9.17) is 19.9 Å². The molecule has 0 N–H and O–H groups in total. The maximum Gasteiger partial charge on any atom is 0.238 e. The van der Waals surface area contributed by atoms with Crippen molar-refractivity contribution in [2.45, 2.75) is 0 Å². The van der Waals surface area contributed by atoms with Gasteiger partial charge in [0.05, 0.1) is 33.1 Å². The summed E-state index contributed by atoms with van der Waals surface area (Å²) >= 11 is 0. The molecule has 7 nitrogen and oxygen atoms in total. The Labute approximate surface area is 303 Å². The van der Waals surface area contributed by atoms with E-state index in [1.54, 1.807) is 0 Å². The van der Waals surface area contributed by atoms with Gasteiger partial charge in [-0.2, -0.15) is 9.97 Å². The van der Waals surface area contributed by atoms with Gasteiger partial charge in [-0.25, -0.2) is 9.97 Å². The minimum atomic E-state index is 0.567. The number of para-hydroxylation sites is 5. The second kappa shape index (κ2) is 11.6. The lowest BCUT2D eigenvalue weighted by Crippen LogP contribution is -2.06. The molecular weight excluding hydrogens is 651 g/mol. The van der Waals surface area contributed by atoms with Crippen molar-refractivity contribution in [3.8, 4) is 45.5 Å². The molecule has 11 rings (SSSR count). The average Bonchev–Trinajstić information content (AvgIpc) is 3.88. The van der Waals surface area contributed by atoms with E-state index in [0.717, 1.165) is 77.6 Å². The van der Waals surface area contributed by atoms with Crippen molar-refractivity contribution in [3.05, 3.63) is 176 Å². The van der Waals surface area contributed by atoms with E-state index in [2.05, 4.69) is 123 Å². The molecule has 0 radical (unpaired) electrons. The Hall–Kier alpha value is -7.38. The Kier molecular flexibility index (Phi) is 6.42. The van der Waals surface area contributed by atoms with Crippen molar-refractivity contribution in [1.82, 2.24) is 33.5 Å². The molecule has 0 bridgehead atoms. The smallest absolute Gasteiger partial charge is 0.238 e. The maximum atomic E-state index is 5.19. The van der Waals surface area contributed by atoms with E-state index < -0.39 is 0 Å². The molecule has 7 heteroatoms. The molecule has 0 saturated carbocycles. The molecule has 248 valence electrons. The van der Waals surface area contributed by atoms with Crippen molar-refractivity contribution in [2.75, 3.05) is 0 Å². The van der Waals surface area contributed by atoms with Crippen LogP contribution in [0.1, 0.15) is 0 Å². The highest BCUT2D eigenvalue weighted by molar-refractivity contribution is 6.18. The highest BCUT2D eigenvalue weighted by Gasteiger charge is 2.24. The summed E-state index contributed by atoms with van der Waals surface area (Å²) < 4.78 is 6.77. The second-order valence-corrected chi connectivity index (χ2v) is 13.1. The molecule has 0 unspecified atom stereocenters. The second-order valence-electron chi connectivity index (χ2n) is 13.1. The highest BCUT2D eigenvalue weighted by Crippen LogP contribution is 2.42. The minimum absolute atomic E-state index is 0.567. The summed E-state index contributed by atoms with van der Waals surface area (Å²) in [5, 5.41) is 2.25. The number of hydrogen-bond acceptors (Lipinski definition) is 4. The predicted molar refractivity (Wildman–Crippen MR) is 214 cm³/mol. The molecule has 53 heavy (non-hydrogen) atoms. The Bertz CT molecular complexity index is 3100. The molecule has 7 aromatic carbocycles. The molecule has 11 aromatic rings. The lowest BCUT2D eigenvalue weighted by molar-refractivity contribution is 0.953. The van der Waals surface area contributed by atoms with Crippen LogP contribution in [0.25, 0.3) is 95.2 Å². The van der Waals surface area contributed by atoms with E-state index in [-0.39, 0.29) is 0 Å². The van der Waals surface area contributed by atoms with Gasteiger partial charge in [-0.1, -0.05) is 133 Å². The largest absolute Gasteiger partial charge is 0.278 e. The molecule has 4 heterocycles. The van der Waals surface area contributed by atoms with Gasteiger partial charge in [-0.05, 0) is 48.0 Å². The molecular formula is C46H29N7. The van der Waals surface area contributed by atoms with Crippen LogP contribution in [-0.4, -0.2) is 33.5 Å². The van der Waals surface area contributed by atoms with Gasteiger partial charge in [-0.15, -0.1) is 0 Å². The fraction of sp³-hybridized carbons (Fsp3) is 0. The molecule has 0 aliphatic heterocycles. The summed E-state index contributed by atoms with van der Waals surface area (Å²) in [6, 6.07) is 60.8. The Morgan fingerprint density at radius 2 is 0.943 bits per heavy atom. The number of imidazole rings is 2. The van der Waals surface area contributed by atoms with E-state index in [1.807, 2.05) is 66.7 Å². The number of hydrogen-bond donors (Lipinski definition) is 0. The molecule has 0 amide bonds. The highest BCUT2D eigenvalue weighted by atomic mass is 15.2. The molecule has 0 aliphatic carbocycles. The van der Waals surface area contributed by atoms with Crippen LogP contribution in [-0.2, 0) is 0 Å². The predicted octanol–water partition coefficient (Wildman–Crippen LogP) is 10.7. The Morgan fingerprint density at radius 1 is 0.377 bits per heavy atom. The van der Waals surface area contributed by atoms with Gasteiger partial charge in [0.1, 0.15) is 0 Å². The SMILES string of the molecule is c1ccc(-c2nc(-c3ccccc3)nc(-n3c4ccccc4c4c(-c5cccc6c5n5c7ccccc7nc5n6-c5ccccc5)cccc43)n2)cc1. The third-order valence-corrected chi connectivity index (χ3v) is 10.1. The van der Waals surface area contributed by atoms with Gasteiger partial charge in [0, 0.05) is 33.2 Å². The number of benzene rings is 7. The molecule has 0 saturated heterocycles. The first kappa shape index (κ1) is 29.4. The summed E-state index contributed by atoms with van der Waals surface area (Å²) in [6.07, 6.45) is 0. The standard InChI is InChI=1S/C46H29N7/c1-4-16-30(17-5-1)43-48-44(31-18-6-2-7-19-31)50-45(49-43)52-37-26-12-10-22-35(37)41-33(23-14-28-39(41)52)34-24-15-29-40-42(34)53-38-27-13-11-25-36(38)47-46(53)51(40)32-20-8-3-9-21-32/h1-29H. The summed E-state index contributed by atoms with van der Waals surface area (Å²) in [6.45, 7) is 0. The van der Waals surface area contributed by atoms with Crippen LogP contribution in [0, 0.1) is 0 Å². The van der Waals surface area contributed by atoms with E-state index in [1.165, 1.54) is 0 Å². The molecule has 0 fully saturated rings. The topological polar surface area (TPSA) is 65.8 Å². The van der Waals surface area contributed by atoms with Crippen molar-refractivity contribution >= 4 is 49.7 Å². The van der Waals surface area contributed by atoms with Crippen LogP contribution in [0.5, 0.6) is 0 Å². The van der Waals surface area contributed by atoms with Crippen LogP contribution >= 0.6 is 0 Å². The first-order chi connectivity index (χ1) is 26.3. The molecule has 0 atom stereocenters. The zero-order valence-electron chi connectivity index (χ0n) is 28.4. The van der Waals surface area contributed by atoms with Crippen LogP contribution in [0.2, 0.25) is 0 Å². The summed E-state index contributed by atoms with van der Waals surface area (Å²) in [7, 11) is 0. The summed E-state index contributed by atoms with van der Waals surface area (Å²) in [4.78, 5) is 20.5. The lowest BCUT2D eigenvalue weighted by Gasteiger charge is -2.11. The monoisotopic (exact) mass is 679 g/mol. The minimum Gasteiger partial charge on any atom is -0.278 e. The van der Waals surface area contributed by atoms with Crippen LogP contribution in [0.3, 0.4) is 0 Å². The van der Waals surface area contributed by atoms with E-state index in [0.29, 0.717) is 17.6 Å². The van der Waals surface area contributed by atoms with Crippen LogP contribution < -0.4 is 0 Å². The first-order valence-corrected chi connectivity index (χ1v) is 17.7. The molecule has 0 aliphatic rings. The number of rotatable bonds is 5.